The first kappa shape index (κ1) is 19.3. The minimum Gasteiger partial charge on any atom is -0.493 e. The van der Waals surface area contributed by atoms with E-state index in [4.69, 9.17) is 21.1 Å². The zero-order valence-electron chi connectivity index (χ0n) is 15.2. The van der Waals surface area contributed by atoms with Crippen molar-refractivity contribution in [1.29, 1.82) is 0 Å². The van der Waals surface area contributed by atoms with Crippen LogP contribution in [-0.2, 0) is 4.79 Å². The molecule has 0 spiro atoms. The van der Waals surface area contributed by atoms with E-state index in [1.54, 1.807) is 19.3 Å². The Hall–Kier alpha value is -2.44. The molecule has 5 nitrogen and oxygen atoms in total. The average molecular weight is 403 g/mol. The fourth-order valence-corrected chi connectivity index (χ4v) is 3.49. The molecule has 27 heavy (non-hydrogen) atoms. The summed E-state index contributed by atoms with van der Waals surface area (Å²) in [6, 6.07) is 11.0. The number of aliphatic imine (C=N–C) groups is 1. The van der Waals surface area contributed by atoms with Crippen molar-refractivity contribution >= 4 is 46.2 Å². The molecule has 1 fully saturated rings. The number of nitrogens with zero attached hydrogens (tertiary/aromatic N) is 1. The van der Waals surface area contributed by atoms with Crippen LogP contribution in [0.1, 0.15) is 18.1 Å². The highest BCUT2D eigenvalue weighted by Gasteiger charge is 2.24. The van der Waals surface area contributed by atoms with Gasteiger partial charge in [-0.05, 0) is 67.1 Å². The van der Waals surface area contributed by atoms with Crippen LogP contribution in [0.3, 0.4) is 0 Å². The van der Waals surface area contributed by atoms with Gasteiger partial charge in [0.05, 0.1) is 24.3 Å². The third-order valence-electron chi connectivity index (χ3n) is 3.83. The molecule has 140 valence electrons. The number of methoxy groups -OCH3 is 1. The van der Waals surface area contributed by atoms with Gasteiger partial charge in [-0.25, -0.2) is 4.99 Å². The van der Waals surface area contributed by atoms with Gasteiger partial charge in [-0.2, -0.15) is 0 Å². The smallest absolute Gasteiger partial charge is 0.264 e. The van der Waals surface area contributed by atoms with Crippen LogP contribution in [0.2, 0.25) is 5.02 Å². The van der Waals surface area contributed by atoms with Crippen molar-refractivity contribution in [3.63, 3.8) is 0 Å². The number of hydrogen-bond donors (Lipinski definition) is 1. The van der Waals surface area contributed by atoms with Gasteiger partial charge in [-0.1, -0.05) is 23.7 Å². The molecule has 0 atom stereocenters. The molecular weight excluding hydrogens is 384 g/mol. The predicted molar refractivity (Wildman–Crippen MR) is 111 cm³/mol. The molecule has 7 heteroatoms. The van der Waals surface area contributed by atoms with Crippen molar-refractivity contribution in [2.24, 2.45) is 4.99 Å². The number of halogens is 1. The first-order chi connectivity index (χ1) is 13.0. The van der Waals surface area contributed by atoms with Gasteiger partial charge >= 0.3 is 0 Å². The second-order valence-corrected chi connectivity index (χ2v) is 7.22. The van der Waals surface area contributed by atoms with Crippen molar-refractivity contribution in [2.75, 3.05) is 13.7 Å². The number of benzene rings is 2. The third-order valence-corrected chi connectivity index (χ3v) is 4.97. The Morgan fingerprint density at radius 3 is 2.78 bits per heavy atom. The summed E-state index contributed by atoms with van der Waals surface area (Å²) in [6.07, 6.45) is 1.80. The van der Waals surface area contributed by atoms with Gasteiger partial charge in [0.2, 0.25) is 0 Å². The average Bonchev–Trinajstić information content (AvgIpc) is 2.98. The Morgan fingerprint density at radius 2 is 2.04 bits per heavy atom. The van der Waals surface area contributed by atoms with Crippen LogP contribution < -0.4 is 14.8 Å². The fourth-order valence-electron chi connectivity index (χ4n) is 2.49. The van der Waals surface area contributed by atoms with E-state index >= 15 is 0 Å². The Morgan fingerprint density at radius 1 is 1.22 bits per heavy atom. The van der Waals surface area contributed by atoms with Crippen molar-refractivity contribution in [3.8, 4) is 11.5 Å². The van der Waals surface area contributed by atoms with Gasteiger partial charge < -0.3 is 14.8 Å². The van der Waals surface area contributed by atoms with E-state index in [2.05, 4.69) is 10.3 Å². The van der Waals surface area contributed by atoms with Gasteiger partial charge in [0, 0.05) is 5.02 Å². The minimum atomic E-state index is -0.189. The lowest BCUT2D eigenvalue weighted by Crippen LogP contribution is -2.19. The Bertz CT molecular complexity index is 941. The highest BCUT2D eigenvalue weighted by molar-refractivity contribution is 8.18. The topological polar surface area (TPSA) is 59.9 Å². The molecule has 1 aliphatic heterocycles. The molecule has 0 saturated carbocycles. The van der Waals surface area contributed by atoms with E-state index < -0.39 is 0 Å². The van der Waals surface area contributed by atoms with Crippen molar-refractivity contribution in [1.82, 2.24) is 5.32 Å². The molecule has 1 amide bonds. The molecule has 1 heterocycles. The van der Waals surface area contributed by atoms with E-state index in [0.29, 0.717) is 33.2 Å². The summed E-state index contributed by atoms with van der Waals surface area (Å²) in [5, 5.41) is 3.91. The highest BCUT2D eigenvalue weighted by atomic mass is 35.5. The Kier molecular flexibility index (Phi) is 6.08. The molecular formula is C20H19ClN2O3S. The third kappa shape index (κ3) is 4.64. The molecule has 1 saturated heterocycles. The first-order valence-electron chi connectivity index (χ1n) is 8.36. The van der Waals surface area contributed by atoms with Gasteiger partial charge in [-0.15, -0.1) is 0 Å². The number of carbonyl (C=O) groups is 1. The number of rotatable bonds is 5. The molecule has 0 bridgehead atoms. The lowest BCUT2D eigenvalue weighted by molar-refractivity contribution is -0.115. The number of carbonyl (C=O) groups excluding carboxylic acids is 1. The molecule has 0 aliphatic carbocycles. The molecule has 1 aliphatic rings. The van der Waals surface area contributed by atoms with Gasteiger partial charge in [0.1, 0.15) is 0 Å². The maximum atomic E-state index is 12.3. The Balaban J connectivity index is 1.85. The van der Waals surface area contributed by atoms with Crippen LogP contribution in [0, 0.1) is 6.92 Å². The molecule has 0 unspecified atom stereocenters. The largest absolute Gasteiger partial charge is 0.493 e. The van der Waals surface area contributed by atoms with Crippen LogP contribution in [0.25, 0.3) is 6.08 Å². The standard InChI is InChI=1S/C20H19ClN2O3S/c1-4-26-16-8-6-13(9-17(16)25-3)10-18-19(24)23-20(27-18)22-15-11-14(21)7-5-12(15)2/h5-11H,4H2,1-3H3,(H,22,23,24)/b18-10-. The van der Waals surface area contributed by atoms with Crippen molar-refractivity contribution in [3.05, 3.63) is 57.5 Å². The van der Waals surface area contributed by atoms with Crippen LogP contribution in [0.5, 0.6) is 11.5 Å². The second kappa shape index (κ2) is 8.50. The number of aryl methyl sites for hydroxylation is 1. The zero-order valence-corrected chi connectivity index (χ0v) is 16.8. The summed E-state index contributed by atoms with van der Waals surface area (Å²) in [4.78, 5) is 17.4. The number of amides is 1. The van der Waals surface area contributed by atoms with E-state index in [1.165, 1.54) is 11.8 Å². The molecule has 0 radical (unpaired) electrons. The monoisotopic (exact) mass is 402 g/mol. The van der Waals surface area contributed by atoms with Crippen LogP contribution in [-0.4, -0.2) is 24.8 Å². The lowest BCUT2D eigenvalue weighted by Gasteiger charge is -2.09. The van der Waals surface area contributed by atoms with E-state index in [0.717, 1.165) is 16.8 Å². The van der Waals surface area contributed by atoms with Crippen LogP contribution in [0.15, 0.2) is 46.3 Å². The number of thioether (sulfide) groups is 1. The molecule has 2 aromatic carbocycles. The highest BCUT2D eigenvalue weighted by Crippen LogP contribution is 2.33. The number of nitrogens with one attached hydrogen (secondary N) is 1. The van der Waals surface area contributed by atoms with Crippen molar-refractivity contribution in [2.45, 2.75) is 13.8 Å². The van der Waals surface area contributed by atoms with Gasteiger partial charge in [0.25, 0.3) is 5.91 Å². The van der Waals surface area contributed by atoms with E-state index in [-0.39, 0.29) is 5.91 Å². The second-order valence-electron chi connectivity index (χ2n) is 5.76. The van der Waals surface area contributed by atoms with E-state index in [1.807, 2.05) is 44.2 Å². The summed E-state index contributed by atoms with van der Waals surface area (Å²) < 4.78 is 10.9. The van der Waals surface area contributed by atoms with Gasteiger partial charge in [-0.3, -0.25) is 4.79 Å². The van der Waals surface area contributed by atoms with E-state index in [9.17, 15) is 4.79 Å². The first-order valence-corrected chi connectivity index (χ1v) is 9.56. The fraction of sp³-hybridized carbons (Fsp3) is 0.200. The molecule has 2 aromatic rings. The van der Waals surface area contributed by atoms with Crippen molar-refractivity contribution < 1.29 is 14.3 Å². The summed E-state index contributed by atoms with van der Waals surface area (Å²) in [7, 11) is 1.59. The molecule has 1 N–H and O–H groups in total. The maximum absolute atomic E-state index is 12.3. The normalized spacial score (nSPS) is 16.7. The SMILES string of the molecule is CCOc1ccc(/C=C2\SC(=Nc3cc(Cl)ccc3C)NC2=O)cc1OC. The number of ether oxygens (including phenoxy) is 2. The lowest BCUT2D eigenvalue weighted by atomic mass is 10.2. The maximum Gasteiger partial charge on any atom is 0.264 e. The summed E-state index contributed by atoms with van der Waals surface area (Å²) >= 11 is 7.32. The summed E-state index contributed by atoms with van der Waals surface area (Å²) in [5.41, 5.74) is 2.55. The minimum absolute atomic E-state index is 0.189. The molecule has 0 aromatic heterocycles. The number of hydrogen-bond acceptors (Lipinski definition) is 5. The number of amidine groups is 1. The quantitative estimate of drug-likeness (QED) is 0.719. The van der Waals surface area contributed by atoms with Crippen LogP contribution in [0.4, 0.5) is 5.69 Å². The molecule has 3 rings (SSSR count). The van der Waals surface area contributed by atoms with Gasteiger partial charge in [0.15, 0.2) is 16.7 Å². The Labute approximate surface area is 167 Å². The zero-order chi connectivity index (χ0) is 19.4. The summed E-state index contributed by atoms with van der Waals surface area (Å²) in [5.74, 6) is 1.11. The predicted octanol–water partition coefficient (Wildman–Crippen LogP) is 4.95. The van der Waals surface area contributed by atoms with Crippen LogP contribution >= 0.6 is 23.4 Å². The summed E-state index contributed by atoms with van der Waals surface area (Å²) in [6.45, 7) is 4.41.